The van der Waals surface area contributed by atoms with Crippen LogP contribution in [0.3, 0.4) is 0 Å². The minimum absolute atomic E-state index is 0. The van der Waals surface area contributed by atoms with E-state index in [9.17, 15) is 4.39 Å². The number of aliphatic imine (C=N–C) groups is 1. The van der Waals surface area contributed by atoms with E-state index in [0.717, 1.165) is 23.3 Å². The number of hydrogen-bond donors (Lipinski definition) is 3. The number of guanidine groups is 1. The summed E-state index contributed by atoms with van der Waals surface area (Å²) in [5.41, 5.74) is 2.00. The molecule has 0 fully saturated rings. The van der Waals surface area contributed by atoms with Gasteiger partial charge in [-0.25, -0.2) is 9.37 Å². The average molecular weight is 497 g/mol. The Balaban J connectivity index is 0.00000280. The third-order valence-electron chi connectivity index (χ3n) is 4.04. The van der Waals surface area contributed by atoms with Crippen LogP contribution in [0.2, 0.25) is 0 Å². The topological polar surface area (TPSA) is 74.3 Å². The molecule has 3 rings (SSSR count). The Labute approximate surface area is 181 Å². The highest BCUT2D eigenvalue weighted by molar-refractivity contribution is 14.0. The van der Waals surface area contributed by atoms with Gasteiger partial charge in [-0.1, -0.05) is 24.3 Å². The number of imidazole rings is 1. The molecule has 1 atom stereocenters. The summed E-state index contributed by atoms with van der Waals surface area (Å²) >= 11 is 0. The summed E-state index contributed by atoms with van der Waals surface area (Å²) in [6.45, 7) is 3.06. The van der Waals surface area contributed by atoms with Crippen molar-refractivity contribution in [2.45, 2.75) is 19.4 Å². The molecule has 28 heavy (non-hydrogen) atoms. The van der Waals surface area contributed by atoms with Crippen LogP contribution in [0.25, 0.3) is 11.0 Å². The van der Waals surface area contributed by atoms with Gasteiger partial charge in [0.2, 0.25) is 0 Å². The highest BCUT2D eigenvalue weighted by Gasteiger charge is 2.09. The smallest absolute Gasteiger partial charge is 0.191 e. The molecule has 1 aromatic heterocycles. The number of H-pyrrole nitrogens is 1. The van der Waals surface area contributed by atoms with Gasteiger partial charge in [-0.15, -0.1) is 24.0 Å². The van der Waals surface area contributed by atoms with Crippen LogP contribution < -0.4 is 15.4 Å². The highest BCUT2D eigenvalue weighted by Crippen LogP contribution is 2.16. The van der Waals surface area contributed by atoms with E-state index in [1.807, 2.05) is 31.2 Å². The minimum atomic E-state index is -0.363. The van der Waals surface area contributed by atoms with Gasteiger partial charge in [-0.05, 0) is 31.2 Å². The molecule has 6 nitrogen and oxygen atoms in total. The maximum Gasteiger partial charge on any atom is 0.191 e. The first kappa shape index (κ1) is 21.9. The van der Waals surface area contributed by atoms with Gasteiger partial charge in [0.05, 0.1) is 17.6 Å². The first-order valence-electron chi connectivity index (χ1n) is 8.95. The first-order valence-corrected chi connectivity index (χ1v) is 8.95. The molecule has 0 spiro atoms. The summed E-state index contributed by atoms with van der Waals surface area (Å²) in [5, 5.41) is 6.42. The normalized spacial score (nSPS) is 12.3. The monoisotopic (exact) mass is 497 g/mol. The molecule has 3 N–H and O–H groups in total. The number of aromatic amines is 1. The van der Waals surface area contributed by atoms with E-state index in [2.05, 4.69) is 25.6 Å². The van der Waals surface area contributed by atoms with Crippen LogP contribution in [-0.4, -0.2) is 42.2 Å². The molecule has 0 saturated carbocycles. The molecule has 150 valence electrons. The highest BCUT2D eigenvalue weighted by atomic mass is 127. The van der Waals surface area contributed by atoms with Crippen LogP contribution in [0, 0.1) is 5.82 Å². The lowest BCUT2D eigenvalue weighted by Crippen LogP contribution is -2.42. The SMILES string of the molecule is CN=C(NCCc1nc2ccccc2[nH]1)NCC(C)Oc1ccccc1F.I. The fourth-order valence-corrected chi connectivity index (χ4v) is 2.68. The van der Waals surface area contributed by atoms with E-state index in [4.69, 9.17) is 4.74 Å². The lowest BCUT2D eigenvalue weighted by atomic mass is 10.3. The molecule has 1 heterocycles. The van der Waals surface area contributed by atoms with Crippen molar-refractivity contribution in [2.75, 3.05) is 20.1 Å². The number of hydrogen-bond acceptors (Lipinski definition) is 3. The Kier molecular flexibility index (Phi) is 8.49. The third kappa shape index (κ3) is 6.08. The number of aromatic nitrogens is 2. The number of halogens is 2. The maximum atomic E-state index is 13.6. The third-order valence-corrected chi connectivity index (χ3v) is 4.04. The largest absolute Gasteiger partial charge is 0.486 e. The van der Waals surface area contributed by atoms with Crippen LogP contribution in [0.1, 0.15) is 12.7 Å². The summed E-state index contributed by atoms with van der Waals surface area (Å²) in [4.78, 5) is 12.0. The second-order valence-corrected chi connectivity index (χ2v) is 6.19. The Hall–Kier alpha value is -2.36. The minimum Gasteiger partial charge on any atom is -0.486 e. The molecule has 8 heteroatoms. The Morgan fingerprint density at radius 1 is 1.18 bits per heavy atom. The van der Waals surface area contributed by atoms with E-state index in [1.165, 1.54) is 6.07 Å². The molecule has 0 amide bonds. The Bertz CT molecular complexity index is 881. The average Bonchev–Trinajstić information content (AvgIpc) is 3.09. The standard InChI is InChI=1S/C20H24FN5O.HI/c1-14(27-18-10-6-3-7-15(18)21)13-24-20(22-2)23-12-11-19-25-16-8-4-5-9-17(16)26-19;/h3-10,14H,11-13H2,1-2H3,(H,25,26)(H2,22,23,24);1H. The van der Waals surface area contributed by atoms with Crippen molar-refractivity contribution in [1.29, 1.82) is 0 Å². The van der Waals surface area contributed by atoms with E-state index >= 15 is 0 Å². The Morgan fingerprint density at radius 3 is 2.68 bits per heavy atom. The molecular weight excluding hydrogens is 472 g/mol. The summed E-state index contributed by atoms with van der Waals surface area (Å²) in [6.07, 6.45) is 0.534. The van der Waals surface area contributed by atoms with Gasteiger partial charge in [-0.3, -0.25) is 4.99 Å². The second kappa shape index (κ2) is 10.8. The molecular formula is C20H25FIN5O. The summed E-state index contributed by atoms with van der Waals surface area (Å²) in [5.74, 6) is 1.47. The number of fused-ring (bicyclic) bond motifs is 1. The molecule has 1 unspecified atom stereocenters. The van der Waals surface area contributed by atoms with Crippen molar-refractivity contribution >= 4 is 41.0 Å². The van der Waals surface area contributed by atoms with Gasteiger partial charge in [0, 0.05) is 20.0 Å². The van der Waals surface area contributed by atoms with Crippen molar-refractivity contribution in [1.82, 2.24) is 20.6 Å². The number of nitrogens with zero attached hydrogens (tertiary/aromatic N) is 2. The molecule has 2 aromatic carbocycles. The zero-order valence-corrected chi connectivity index (χ0v) is 18.2. The molecule has 0 aliphatic carbocycles. The van der Waals surface area contributed by atoms with Crippen LogP contribution in [-0.2, 0) is 6.42 Å². The van der Waals surface area contributed by atoms with E-state index in [0.29, 0.717) is 19.0 Å². The van der Waals surface area contributed by atoms with E-state index in [1.54, 1.807) is 25.2 Å². The fraction of sp³-hybridized carbons (Fsp3) is 0.300. The van der Waals surface area contributed by atoms with Crippen molar-refractivity contribution in [3.63, 3.8) is 0 Å². The van der Waals surface area contributed by atoms with Gasteiger partial charge in [0.15, 0.2) is 17.5 Å². The molecule has 0 bridgehead atoms. The molecule has 3 aromatic rings. The number of ether oxygens (including phenoxy) is 1. The van der Waals surface area contributed by atoms with Crippen LogP contribution >= 0.6 is 24.0 Å². The van der Waals surface area contributed by atoms with Crippen molar-refractivity contribution in [3.8, 4) is 5.75 Å². The predicted octanol–water partition coefficient (Wildman–Crippen LogP) is 3.50. The fourth-order valence-electron chi connectivity index (χ4n) is 2.68. The first-order chi connectivity index (χ1) is 13.2. The molecule has 0 aliphatic rings. The van der Waals surface area contributed by atoms with Crippen LogP contribution in [0.15, 0.2) is 53.5 Å². The lowest BCUT2D eigenvalue weighted by Gasteiger charge is -2.18. The van der Waals surface area contributed by atoms with E-state index in [-0.39, 0.29) is 41.6 Å². The Morgan fingerprint density at radius 2 is 1.93 bits per heavy atom. The summed E-state index contributed by atoms with van der Waals surface area (Å²) in [6, 6.07) is 14.3. The predicted molar refractivity (Wildman–Crippen MR) is 121 cm³/mol. The number of para-hydroxylation sites is 3. The van der Waals surface area contributed by atoms with Crippen molar-refractivity contribution < 1.29 is 9.13 Å². The van der Waals surface area contributed by atoms with Gasteiger partial charge in [0.25, 0.3) is 0 Å². The zero-order valence-electron chi connectivity index (χ0n) is 15.9. The number of rotatable bonds is 7. The van der Waals surface area contributed by atoms with Crippen LogP contribution in [0.4, 0.5) is 4.39 Å². The summed E-state index contributed by atoms with van der Waals surface area (Å²) in [7, 11) is 1.71. The van der Waals surface area contributed by atoms with E-state index < -0.39 is 0 Å². The number of benzene rings is 2. The van der Waals surface area contributed by atoms with Gasteiger partial charge in [0.1, 0.15) is 11.9 Å². The number of nitrogens with one attached hydrogen (secondary N) is 3. The second-order valence-electron chi connectivity index (χ2n) is 6.19. The lowest BCUT2D eigenvalue weighted by molar-refractivity contribution is 0.214. The van der Waals surface area contributed by atoms with Crippen molar-refractivity contribution in [2.24, 2.45) is 4.99 Å². The molecule has 0 radical (unpaired) electrons. The summed E-state index contributed by atoms with van der Waals surface area (Å²) < 4.78 is 19.2. The van der Waals surface area contributed by atoms with Gasteiger partial charge >= 0.3 is 0 Å². The molecule has 0 aliphatic heterocycles. The maximum absolute atomic E-state index is 13.6. The zero-order chi connectivity index (χ0) is 19.1. The van der Waals surface area contributed by atoms with Gasteiger partial charge in [-0.2, -0.15) is 0 Å². The molecule has 0 saturated heterocycles. The van der Waals surface area contributed by atoms with Gasteiger partial charge < -0.3 is 20.4 Å². The van der Waals surface area contributed by atoms with Crippen LogP contribution in [0.5, 0.6) is 5.75 Å². The quantitative estimate of drug-likeness (QED) is 0.266. The van der Waals surface area contributed by atoms with Crippen molar-refractivity contribution in [3.05, 3.63) is 60.2 Å².